The van der Waals surface area contributed by atoms with E-state index in [1.807, 2.05) is 20.8 Å². The summed E-state index contributed by atoms with van der Waals surface area (Å²) in [5, 5.41) is 9.79. The predicted molar refractivity (Wildman–Crippen MR) is 88.4 cm³/mol. The molecule has 0 radical (unpaired) electrons. The molecule has 0 aliphatic carbocycles. The highest BCUT2D eigenvalue weighted by Gasteiger charge is 2.51. The van der Waals surface area contributed by atoms with Crippen molar-refractivity contribution in [3.8, 4) is 6.07 Å². The second-order valence-corrected chi connectivity index (χ2v) is 6.18. The van der Waals surface area contributed by atoms with Gasteiger partial charge in [0, 0.05) is 0 Å². The molecule has 0 aromatic heterocycles. The molecule has 0 saturated carbocycles. The zero-order valence-corrected chi connectivity index (χ0v) is 15.2. The van der Waals surface area contributed by atoms with Gasteiger partial charge in [0.15, 0.2) is 5.41 Å². The molecule has 0 aliphatic heterocycles. The van der Waals surface area contributed by atoms with Crippen LogP contribution in [-0.2, 0) is 19.1 Å². The molecule has 0 fully saturated rings. The summed E-state index contributed by atoms with van der Waals surface area (Å²) >= 11 is 0. The molecule has 0 N–H and O–H groups in total. The molecule has 0 amide bonds. The Labute approximate surface area is 140 Å². The van der Waals surface area contributed by atoms with Crippen molar-refractivity contribution in [2.45, 2.75) is 66.7 Å². The molecule has 0 aromatic carbocycles. The Kier molecular flexibility index (Phi) is 10.3. The molecule has 2 atom stereocenters. The predicted octanol–water partition coefficient (Wildman–Crippen LogP) is 3.87. The van der Waals surface area contributed by atoms with Gasteiger partial charge in [0.2, 0.25) is 0 Å². The molecular weight excluding hydrogens is 294 g/mol. The quantitative estimate of drug-likeness (QED) is 0.539. The summed E-state index contributed by atoms with van der Waals surface area (Å²) < 4.78 is 10.3. The van der Waals surface area contributed by atoms with E-state index in [1.165, 1.54) is 0 Å². The molecule has 0 bridgehead atoms. The van der Waals surface area contributed by atoms with Gasteiger partial charge in [-0.3, -0.25) is 9.59 Å². The van der Waals surface area contributed by atoms with Crippen molar-refractivity contribution in [2.75, 3.05) is 13.2 Å². The van der Waals surface area contributed by atoms with E-state index >= 15 is 0 Å². The SMILES string of the molecule is CCCCC(C#N)(C(=O)OCC)C(CCC(C)C)C(=O)OCC. The number of nitrogens with zero attached hydrogens (tertiary/aromatic N) is 1. The molecule has 5 heteroatoms. The Bertz CT molecular complexity index is 414. The lowest BCUT2D eigenvalue weighted by molar-refractivity contribution is -0.166. The summed E-state index contributed by atoms with van der Waals surface area (Å²) in [5.74, 6) is -1.48. The molecule has 23 heavy (non-hydrogen) atoms. The molecule has 0 heterocycles. The van der Waals surface area contributed by atoms with Gasteiger partial charge < -0.3 is 9.47 Å². The Morgan fingerprint density at radius 1 is 1.09 bits per heavy atom. The standard InChI is InChI=1S/C18H31NO4/c1-6-9-12-18(13-19,17(21)23-8-3)15(11-10-14(4)5)16(20)22-7-2/h14-15H,6-12H2,1-5H3. The second-order valence-electron chi connectivity index (χ2n) is 6.18. The number of carbonyl (C=O) groups excluding carboxylic acids is 2. The Morgan fingerprint density at radius 3 is 2.13 bits per heavy atom. The highest BCUT2D eigenvalue weighted by atomic mass is 16.5. The van der Waals surface area contributed by atoms with E-state index in [0.717, 1.165) is 12.8 Å². The van der Waals surface area contributed by atoms with E-state index in [1.54, 1.807) is 13.8 Å². The fraction of sp³-hybridized carbons (Fsp3) is 0.833. The average molecular weight is 325 g/mol. The molecule has 132 valence electrons. The first-order valence-corrected chi connectivity index (χ1v) is 8.64. The average Bonchev–Trinajstić information content (AvgIpc) is 2.50. The Balaban J connectivity index is 5.69. The minimum atomic E-state index is -1.45. The largest absolute Gasteiger partial charge is 0.466 e. The van der Waals surface area contributed by atoms with E-state index in [4.69, 9.17) is 9.47 Å². The first-order chi connectivity index (χ1) is 10.9. The number of unbranched alkanes of at least 4 members (excludes halogenated alkanes) is 1. The van der Waals surface area contributed by atoms with Crippen LogP contribution in [0.1, 0.15) is 66.7 Å². The number of hydrogen-bond acceptors (Lipinski definition) is 5. The van der Waals surface area contributed by atoms with Crippen molar-refractivity contribution in [3.63, 3.8) is 0 Å². The Hall–Kier alpha value is -1.57. The van der Waals surface area contributed by atoms with Crippen molar-refractivity contribution in [1.82, 2.24) is 0 Å². The number of esters is 2. The maximum atomic E-state index is 12.5. The van der Waals surface area contributed by atoms with Gasteiger partial charge in [-0.25, -0.2) is 0 Å². The lowest BCUT2D eigenvalue weighted by Crippen LogP contribution is -2.43. The molecule has 0 aliphatic rings. The van der Waals surface area contributed by atoms with Crippen molar-refractivity contribution in [1.29, 1.82) is 5.26 Å². The van der Waals surface area contributed by atoms with Crippen molar-refractivity contribution >= 4 is 11.9 Å². The molecular formula is C18H31NO4. The van der Waals surface area contributed by atoms with Crippen LogP contribution < -0.4 is 0 Å². The van der Waals surface area contributed by atoms with Gasteiger partial charge in [-0.05, 0) is 32.6 Å². The van der Waals surface area contributed by atoms with Gasteiger partial charge in [0.05, 0.1) is 25.2 Å². The highest BCUT2D eigenvalue weighted by molar-refractivity contribution is 5.88. The third-order valence-electron chi connectivity index (χ3n) is 3.96. The Morgan fingerprint density at radius 2 is 1.70 bits per heavy atom. The van der Waals surface area contributed by atoms with Gasteiger partial charge in [-0.15, -0.1) is 0 Å². The van der Waals surface area contributed by atoms with Gasteiger partial charge in [-0.2, -0.15) is 5.26 Å². The maximum Gasteiger partial charge on any atom is 0.327 e. The van der Waals surface area contributed by atoms with E-state index in [0.29, 0.717) is 25.2 Å². The summed E-state index contributed by atoms with van der Waals surface area (Å²) in [6, 6.07) is 2.12. The van der Waals surface area contributed by atoms with Crippen LogP contribution in [0.25, 0.3) is 0 Å². The summed E-state index contributed by atoms with van der Waals surface area (Å²) in [7, 11) is 0. The van der Waals surface area contributed by atoms with Crippen molar-refractivity contribution in [2.24, 2.45) is 17.3 Å². The smallest absolute Gasteiger partial charge is 0.327 e. The number of ether oxygens (including phenoxy) is 2. The monoisotopic (exact) mass is 325 g/mol. The summed E-state index contributed by atoms with van der Waals surface area (Å²) in [4.78, 5) is 25.0. The number of carbonyl (C=O) groups is 2. The number of rotatable bonds is 11. The maximum absolute atomic E-state index is 12.5. The lowest BCUT2D eigenvalue weighted by atomic mass is 9.70. The normalized spacial score (nSPS) is 14.7. The van der Waals surface area contributed by atoms with Gasteiger partial charge in [0.1, 0.15) is 0 Å². The fourth-order valence-electron chi connectivity index (χ4n) is 2.62. The first kappa shape index (κ1) is 21.4. The number of hydrogen-bond donors (Lipinski definition) is 0. The summed E-state index contributed by atoms with van der Waals surface area (Å²) in [6.07, 6.45) is 3.04. The van der Waals surface area contributed by atoms with Crippen LogP contribution in [0.4, 0.5) is 0 Å². The molecule has 0 aromatic rings. The highest BCUT2D eigenvalue weighted by Crippen LogP contribution is 2.39. The molecule has 0 spiro atoms. The lowest BCUT2D eigenvalue weighted by Gasteiger charge is -2.31. The van der Waals surface area contributed by atoms with Crippen LogP contribution in [0, 0.1) is 28.6 Å². The van der Waals surface area contributed by atoms with E-state index in [9.17, 15) is 14.9 Å². The van der Waals surface area contributed by atoms with Crippen LogP contribution in [0.5, 0.6) is 0 Å². The van der Waals surface area contributed by atoms with Crippen LogP contribution >= 0.6 is 0 Å². The van der Waals surface area contributed by atoms with E-state index < -0.39 is 23.3 Å². The first-order valence-electron chi connectivity index (χ1n) is 8.64. The third kappa shape index (κ3) is 6.21. The minimum absolute atomic E-state index is 0.189. The van der Waals surface area contributed by atoms with Gasteiger partial charge >= 0.3 is 11.9 Å². The fourth-order valence-corrected chi connectivity index (χ4v) is 2.62. The minimum Gasteiger partial charge on any atom is -0.466 e. The molecule has 2 unspecified atom stereocenters. The van der Waals surface area contributed by atoms with E-state index in [2.05, 4.69) is 6.07 Å². The molecule has 0 rings (SSSR count). The van der Waals surface area contributed by atoms with Crippen LogP contribution in [0.15, 0.2) is 0 Å². The topological polar surface area (TPSA) is 76.4 Å². The third-order valence-corrected chi connectivity index (χ3v) is 3.96. The van der Waals surface area contributed by atoms with Crippen molar-refractivity contribution < 1.29 is 19.1 Å². The number of nitriles is 1. The van der Waals surface area contributed by atoms with Crippen LogP contribution in [-0.4, -0.2) is 25.2 Å². The van der Waals surface area contributed by atoms with Crippen LogP contribution in [0.3, 0.4) is 0 Å². The van der Waals surface area contributed by atoms with E-state index in [-0.39, 0.29) is 13.2 Å². The molecule has 0 saturated heterocycles. The molecule has 5 nitrogen and oxygen atoms in total. The zero-order valence-electron chi connectivity index (χ0n) is 15.2. The van der Waals surface area contributed by atoms with Gasteiger partial charge in [0.25, 0.3) is 0 Å². The van der Waals surface area contributed by atoms with Gasteiger partial charge in [-0.1, -0.05) is 40.0 Å². The van der Waals surface area contributed by atoms with Crippen molar-refractivity contribution in [3.05, 3.63) is 0 Å². The van der Waals surface area contributed by atoms with Crippen LogP contribution in [0.2, 0.25) is 0 Å². The summed E-state index contributed by atoms with van der Waals surface area (Å²) in [6.45, 7) is 9.93. The second kappa shape index (κ2) is 11.0. The summed E-state index contributed by atoms with van der Waals surface area (Å²) in [5.41, 5.74) is -1.45. The zero-order chi connectivity index (χ0) is 17.9.